The minimum Gasteiger partial charge on any atom is -0.481 e. The van der Waals surface area contributed by atoms with E-state index >= 15 is 0 Å². The molecule has 0 amide bonds. The molecule has 116 valence electrons. The number of aliphatic hydroxyl groups excluding tert-OH is 1. The van der Waals surface area contributed by atoms with Gasteiger partial charge in [0.2, 0.25) is 0 Å². The van der Waals surface area contributed by atoms with Crippen LogP contribution in [0.2, 0.25) is 0 Å². The van der Waals surface area contributed by atoms with Gasteiger partial charge < -0.3 is 20.6 Å². The molecule has 0 fully saturated rings. The highest BCUT2D eigenvalue weighted by Gasteiger charge is 2.23. The van der Waals surface area contributed by atoms with Gasteiger partial charge in [-0.2, -0.15) is 0 Å². The molecule has 0 saturated heterocycles. The van der Waals surface area contributed by atoms with E-state index in [1.165, 1.54) is 0 Å². The van der Waals surface area contributed by atoms with E-state index in [1.54, 1.807) is 6.07 Å². The second kappa shape index (κ2) is 7.75. The fourth-order valence-electron chi connectivity index (χ4n) is 2.03. The van der Waals surface area contributed by atoms with Crippen molar-refractivity contribution in [2.75, 3.05) is 6.54 Å². The van der Waals surface area contributed by atoms with Crippen LogP contribution in [-0.2, 0) is 9.59 Å². The van der Waals surface area contributed by atoms with E-state index in [9.17, 15) is 14.7 Å². The summed E-state index contributed by atoms with van der Waals surface area (Å²) in [6.45, 7) is 3.97. The lowest BCUT2D eigenvalue weighted by atomic mass is 9.96. The average molecular weight is 295 g/mol. The highest BCUT2D eigenvalue weighted by molar-refractivity contribution is 5.68. The van der Waals surface area contributed by atoms with Gasteiger partial charge >= 0.3 is 11.9 Å². The summed E-state index contributed by atoms with van der Waals surface area (Å²) in [5.41, 5.74) is 2.71. The van der Waals surface area contributed by atoms with E-state index in [0.717, 1.165) is 11.1 Å². The summed E-state index contributed by atoms with van der Waals surface area (Å²) in [4.78, 5) is 21.4. The number of aliphatic carboxylic acids is 2. The van der Waals surface area contributed by atoms with Crippen molar-refractivity contribution in [2.45, 2.75) is 38.8 Å². The van der Waals surface area contributed by atoms with E-state index in [1.807, 2.05) is 26.0 Å². The molecule has 21 heavy (non-hydrogen) atoms. The van der Waals surface area contributed by atoms with Crippen LogP contribution in [-0.4, -0.2) is 39.8 Å². The van der Waals surface area contributed by atoms with E-state index in [-0.39, 0.29) is 19.4 Å². The van der Waals surface area contributed by atoms with Crippen LogP contribution >= 0.6 is 0 Å². The Hall–Kier alpha value is -1.92. The third kappa shape index (κ3) is 5.53. The summed E-state index contributed by atoms with van der Waals surface area (Å²) < 4.78 is 0. The lowest BCUT2D eigenvalue weighted by molar-refractivity contribution is -0.138. The van der Waals surface area contributed by atoms with Crippen LogP contribution in [0, 0.1) is 13.8 Å². The molecule has 1 aromatic carbocycles. The molecule has 0 bridgehead atoms. The summed E-state index contributed by atoms with van der Waals surface area (Å²) in [6.07, 6.45) is -1.42. The van der Waals surface area contributed by atoms with Gasteiger partial charge in [-0.25, -0.2) is 0 Å². The Labute approximate surface area is 123 Å². The van der Waals surface area contributed by atoms with Crippen molar-refractivity contribution >= 4 is 11.9 Å². The normalized spacial score (nSPS) is 13.7. The fraction of sp³-hybridized carbons (Fsp3) is 0.467. The average Bonchev–Trinajstić information content (AvgIpc) is 2.39. The topological polar surface area (TPSA) is 107 Å². The smallest absolute Gasteiger partial charge is 0.305 e. The summed E-state index contributed by atoms with van der Waals surface area (Å²) in [6, 6.07) is 4.70. The molecule has 0 radical (unpaired) electrons. The molecule has 4 N–H and O–H groups in total. The number of nitrogens with one attached hydrogen (secondary N) is 1. The Morgan fingerprint density at radius 3 is 2.33 bits per heavy atom. The molecule has 1 aromatic rings. The molecule has 0 heterocycles. The largest absolute Gasteiger partial charge is 0.481 e. The molecule has 0 spiro atoms. The molecule has 0 aromatic heterocycles. The van der Waals surface area contributed by atoms with Crippen molar-refractivity contribution in [2.24, 2.45) is 0 Å². The minimum absolute atomic E-state index is 0.106. The molecular formula is C15H21NO5. The van der Waals surface area contributed by atoms with Gasteiger partial charge in [-0.15, -0.1) is 0 Å². The van der Waals surface area contributed by atoms with Gasteiger partial charge in [0.15, 0.2) is 0 Å². The SMILES string of the molecule is Cc1ccc(C(O)C(CC(=O)O)NCCC(=O)O)cc1C. The summed E-state index contributed by atoms with van der Waals surface area (Å²) in [5, 5.41) is 30.7. The lowest BCUT2D eigenvalue weighted by Gasteiger charge is -2.23. The van der Waals surface area contributed by atoms with E-state index in [2.05, 4.69) is 5.32 Å². The van der Waals surface area contributed by atoms with Crippen molar-refractivity contribution in [1.82, 2.24) is 5.32 Å². The highest BCUT2D eigenvalue weighted by Crippen LogP contribution is 2.21. The Morgan fingerprint density at radius 2 is 1.81 bits per heavy atom. The Morgan fingerprint density at radius 1 is 1.14 bits per heavy atom. The Kier molecular flexibility index (Phi) is 6.33. The number of aryl methyl sites for hydroxylation is 2. The molecular weight excluding hydrogens is 274 g/mol. The molecule has 0 aliphatic rings. The number of carbonyl (C=O) groups is 2. The number of aliphatic hydroxyl groups is 1. The molecule has 0 aliphatic heterocycles. The van der Waals surface area contributed by atoms with Gasteiger partial charge in [0.1, 0.15) is 0 Å². The molecule has 2 unspecified atom stereocenters. The molecule has 6 nitrogen and oxygen atoms in total. The van der Waals surface area contributed by atoms with Crippen LogP contribution in [0.5, 0.6) is 0 Å². The van der Waals surface area contributed by atoms with Crippen molar-refractivity contribution in [1.29, 1.82) is 0 Å². The molecule has 0 saturated carbocycles. The lowest BCUT2D eigenvalue weighted by Crippen LogP contribution is -2.38. The quantitative estimate of drug-likeness (QED) is 0.575. The number of carboxylic acid groups (broad SMARTS) is 2. The van der Waals surface area contributed by atoms with E-state index in [0.29, 0.717) is 5.56 Å². The summed E-state index contributed by atoms with van der Waals surface area (Å²) in [7, 11) is 0. The first kappa shape index (κ1) is 17.1. The van der Waals surface area contributed by atoms with Crippen LogP contribution in [0.25, 0.3) is 0 Å². The third-order valence-corrected chi connectivity index (χ3v) is 3.39. The van der Waals surface area contributed by atoms with Crippen LogP contribution in [0.15, 0.2) is 18.2 Å². The Balaban J connectivity index is 2.82. The van der Waals surface area contributed by atoms with Crippen molar-refractivity contribution in [3.05, 3.63) is 34.9 Å². The first-order valence-corrected chi connectivity index (χ1v) is 6.73. The number of rotatable bonds is 8. The Bertz CT molecular complexity index is 515. The molecule has 0 aliphatic carbocycles. The second-order valence-corrected chi connectivity index (χ2v) is 5.09. The maximum atomic E-state index is 10.9. The first-order valence-electron chi connectivity index (χ1n) is 6.73. The van der Waals surface area contributed by atoms with Crippen LogP contribution in [0.3, 0.4) is 0 Å². The monoisotopic (exact) mass is 295 g/mol. The summed E-state index contributed by atoms with van der Waals surface area (Å²) >= 11 is 0. The number of hydrogen-bond acceptors (Lipinski definition) is 4. The number of benzene rings is 1. The minimum atomic E-state index is -1.05. The van der Waals surface area contributed by atoms with E-state index < -0.39 is 24.1 Å². The van der Waals surface area contributed by atoms with Gasteiger partial charge in [-0.1, -0.05) is 18.2 Å². The number of hydrogen-bond donors (Lipinski definition) is 4. The van der Waals surface area contributed by atoms with Gasteiger partial charge in [0.25, 0.3) is 0 Å². The predicted octanol–water partition coefficient (Wildman–Crippen LogP) is 1.24. The third-order valence-electron chi connectivity index (χ3n) is 3.39. The van der Waals surface area contributed by atoms with Gasteiger partial charge in [0.05, 0.1) is 18.9 Å². The first-order chi connectivity index (χ1) is 9.81. The zero-order valence-corrected chi connectivity index (χ0v) is 12.2. The van der Waals surface area contributed by atoms with Crippen molar-refractivity contribution in [3.8, 4) is 0 Å². The van der Waals surface area contributed by atoms with Gasteiger partial charge in [-0.05, 0) is 30.5 Å². The predicted molar refractivity (Wildman–Crippen MR) is 77.2 cm³/mol. The van der Waals surface area contributed by atoms with Crippen LogP contribution < -0.4 is 5.32 Å². The standard InChI is InChI=1S/C15H21NO5/c1-9-3-4-11(7-10(9)2)15(21)12(8-14(19)20)16-6-5-13(17)18/h3-4,7,12,15-16,21H,5-6,8H2,1-2H3,(H,17,18)(H,19,20). The second-order valence-electron chi connectivity index (χ2n) is 5.09. The van der Waals surface area contributed by atoms with Crippen LogP contribution in [0.1, 0.15) is 35.6 Å². The zero-order chi connectivity index (χ0) is 16.0. The number of carboxylic acids is 2. The van der Waals surface area contributed by atoms with Gasteiger partial charge in [-0.3, -0.25) is 9.59 Å². The fourth-order valence-corrected chi connectivity index (χ4v) is 2.03. The summed E-state index contributed by atoms with van der Waals surface area (Å²) in [5.74, 6) is -2.03. The zero-order valence-electron chi connectivity index (χ0n) is 12.2. The maximum absolute atomic E-state index is 10.9. The van der Waals surface area contributed by atoms with Gasteiger partial charge in [0, 0.05) is 12.6 Å². The van der Waals surface area contributed by atoms with Crippen LogP contribution in [0.4, 0.5) is 0 Å². The van der Waals surface area contributed by atoms with Crippen molar-refractivity contribution in [3.63, 3.8) is 0 Å². The molecule has 1 rings (SSSR count). The van der Waals surface area contributed by atoms with E-state index in [4.69, 9.17) is 10.2 Å². The maximum Gasteiger partial charge on any atom is 0.305 e. The van der Waals surface area contributed by atoms with Crippen molar-refractivity contribution < 1.29 is 24.9 Å². The highest BCUT2D eigenvalue weighted by atomic mass is 16.4. The molecule has 2 atom stereocenters. The molecule has 6 heteroatoms.